The molecule has 0 bridgehead atoms. The molecule has 47 heavy (non-hydrogen) atoms. The molecule has 13 nitrogen and oxygen atoms in total. The van der Waals surface area contributed by atoms with Gasteiger partial charge in [-0.2, -0.15) is 0 Å². The molecular weight excluding hydrogens is 608 g/mol. The Balaban J connectivity index is 1.71. The molecular formula is C34H56N4O9. The summed E-state index contributed by atoms with van der Waals surface area (Å²) >= 11 is 0. The van der Waals surface area contributed by atoms with Crippen LogP contribution < -0.4 is 21.3 Å². The maximum atomic E-state index is 13.1. The van der Waals surface area contributed by atoms with Gasteiger partial charge in [0.25, 0.3) is 0 Å². The Kier molecular flexibility index (Phi) is 19.2. The summed E-state index contributed by atoms with van der Waals surface area (Å²) in [6.07, 6.45) is 1.93. The first-order valence-corrected chi connectivity index (χ1v) is 17.0. The Morgan fingerprint density at radius 3 is 2.17 bits per heavy atom. The second-order valence-electron chi connectivity index (χ2n) is 12.2. The van der Waals surface area contributed by atoms with Crippen molar-refractivity contribution < 1.29 is 44.0 Å². The minimum Gasteiger partial charge on any atom is -0.394 e. The van der Waals surface area contributed by atoms with Gasteiger partial charge in [-0.15, -0.1) is 0 Å². The van der Waals surface area contributed by atoms with Crippen molar-refractivity contribution >= 4 is 23.6 Å². The first-order chi connectivity index (χ1) is 22.6. The van der Waals surface area contributed by atoms with Crippen molar-refractivity contribution in [1.29, 1.82) is 0 Å². The number of unbranched alkanes of at least 4 members (excludes halogenated alkanes) is 5. The van der Waals surface area contributed by atoms with E-state index >= 15 is 0 Å². The van der Waals surface area contributed by atoms with Gasteiger partial charge in [-0.1, -0.05) is 63.4 Å². The number of rotatable bonds is 22. The highest BCUT2D eigenvalue weighted by Gasteiger charge is 2.45. The minimum absolute atomic E-state index is 0.00298. The number of carbonyl (C=O) groups excluding carboxylic acids is 4. The van der Waals surface area contributed by atoms with Gasteiger partial charge in [0.05, 0.1) is 6.61 Å². The van der Waals surface area contributed by atoms with E-state index in [2.05, 4.69) is 21.3 Å². The fourth-order valence-corrected chi connectivity index (χ4v) is 5.21. The van der Waals surface area contributed by atoms with E-state index in [1.807, 2.05) is 44.2 Å². The van der Waals surface area contributed by atoms with Crippen LogP contribution in [0.15, 0.2) is 30.3 Å². The number of aliphatic hydroxyl groups excluding tert-OH is 3. The van der Waals surface area contributed by atoms with Crippen LogP contribution in [0.25, 0.3) is 0 Å². The summed E-state index contributed by atoms with van der Waals surface area (Å²) < 4.78 is 11.3. The predicted octanol–water partition coefficient (Wildman–Crippen LogP) is 1.07. The van der Waals surface area contributed by atoms with Crippen molar-refractivity contribution in [1.82, 2.24) is 21.3 Å². The lowest BCUT2D eigenvalue weighted by Crippen LogP contribution is -2.64. The number of carbonyl (C=O) groups is 4. The molecule has 0 aromatic heterocycles. The quantitative estimate of drug-likeness (QED) is 0.0888. The molecule has 1 aliphatic heterocycles. The highest BCUT2D eigenvalue weighted by Crippen LogP contribution is 2.22. The van der Waals surface area contributed by atoms with Crippen LogP contribution in [-0.4, -0.2) is 102 Å². The minimum atomic E-state index is -1.36. The van der Waals surface area contributed by atoms with Crippen LogP contribution in [0.2, 0.25) is 0 Å². The first kappa shape index (κ1) is 40.1. The van der Waals surface area contributed by atoms with Crippen molar-refractivity contribution in [3.8, 4) is 0 Å². The van der Waals surface area contributed by atoms with Crippen LogP contribution in [0, 0.1) is 5.92 Å². The Morgan fingerprint density at radius 1 is 0.894 bits per heavy atom. The van der Waals surface area contributed by atoms with Crippen molar-refractivity contribution in [3.05, 3.63) is 35.9 Å². The molecule has 1 saturated heterocycles. The normalized spacial score (nSPS) is 22.1. The Bertz CT molecular complexity index is 1080. The van der Waals surface area contributed by atoms with Gasteiger partial charge >= 0.3 is 0 Å². The monoisotopic (exact) mass is 664 g/mol. The van der Waals surface area contributed by atoms with E-state index in [4.69, 9.17) is 9.47 Å². The molecule has 4 amide bonds. The molecule has 1 aliphatic rings. The van der Waals surface area contributed by atoms with Crippen molar-refractivity contribution in [2.75, 3.05) is 26.3 Å². The van der Waals surface area contributed by atoms with Gasteiger partial charge < -0.3 is 46.1 Å². The molecule has 1 fully saturated rings. The standard InChI is InChI=1S/C34H56N4O9/c1-4-23(2)32(44)35-18-13-8-11-17-28(41)38-26(21-25-15-9-7-10-16-25)33(45)36-19-12-5-6-14-20-46-34-29(37-24(3)40)31(43)30(42)27(22-39)47-34/h7,9-10,15-16,23,26-27,29-31,34,39,42-43H,4-6,8,11-14,17-22H2,1-3H3,(H,35,44)(H,36,45)(H,37,40)(H,38,41)/t23?,26-,27?,29?,30-,31+,34+/m0/s1. The molecule has 2 rings (SSSR count). The smallest absolute Gasteiger partial charge is 0.242 e. The van der Waals surface area contributed by atoms with E-state index in [1.165, 1.54) is 6.92 Å². The number of amides is 4. The molecule has 0 saturated carbocycles. The number of hydrogen-bond donors (Lipinski definition) is 7. The third kappa shape index (κ3) is 15.1. The molecule has 3 unspecified atom stereocenters. The predicted molar refractivity (Wildman–Crippen MR) is 176 cm³/mol. The van der Waals surface area contributed by atoms with Crippen LogP contribution in [0.5, 0.6) is 0 Å². The molecule has 13 heteroatoms. The lowest BCUT2D eigenvalue weighted by molar-refractivity contribution is -0.270. The molecule has 0 radical (unpaired) electrons. The highest BCUT2D eigenvalue weighted by atomic mass is 16.7. The molecule has 7 atom stereocenters. The zero-order valence-corrected chi connectivity index (χ0v) is 28.1. The van der Waals surface area contributed by atoms with Gasteiger partial charge in [-0.05, 0) is 37.7 Å². The van der Waals surface area contributed by atoms with E-state index in [-0.39, 0.29) is 30.2 Å². The third-order valence-electron chi connectivity index (χ3n) is 8.28. The van der Waals surface area contributed by atoms with Crippen LogP contribution in [0.3, 0.4) is 0 Å². The van der Waals surface area contributed by atoms with E-state index in [0.717, 1.165) is 44.1 Å². The van der Waals surface area contributed by atoms with Crippen molar-refractivity contribution in [2.45, 2.75) is 122 Å². The second-order valence-corrected chi connectivity index (χ2v) is 12.2. The summed E-state index contributed by atoms with van der Waals surface area (Å²) in [6.45, 7) is 5.96. The topological polar surface area (TPSA) is 196 Å². The van der Waals surface area contributed by atoms with Crippen LogP contribution in [0.4, 0.5) is 0 Å². The molecule has 1 aromatic rings. The zero-order valence-electron chi connectivity index (χ0n) is 28.1. The molecule has 1 heterocycles. The number of benzene rings is 1. The van der Waals surface area contributed by atoms with E-state index < -0.39 is 49.2 Å². The lowest BCUT2D eigenvalue weighted by atomic mass is 9.97. The summed E-state index contributed by atoms with van der Waals surface area (Å²) in [4.78, 5) is 49.2. The number of nitrogens with one attached hydrogen (secondary N) is 4. The zero-order chi connectivity index (χ0) is 34.6. The molecule has 0 aliphatic carbocycles. The van der Waals surface area contributed by atoms with Crippen LogP contribution >= 0.6 is 0 Å². The van der Waals surface area contributed by atoms with E-state index in [1.54, 1.807) is 0 Å². The van der Waals surface area contributed by atoms with E-state index in [9.17, 15) is 34.5 Å². The molecule has 0 spiro atoms. The number of ether oxygens (including phenoxy) is 2. The van der Waals surface area contributed by atoms with E-state index in [0.29, 0.717) is 38.8 Å². The molecule has 266 valence electrons. The summed E-state index contributed by atoms with van der Waals surface area (Å²) in [7, 11) is 0. The Labute approximate surface area is 278 Å². The second kappa shape index (κ2) is 22.5. The van der Waals surface area contributed by atoms with Gasteiger partial charge in [0.1, 0.15) is 30.4 Å². The Morgan fingerprint density at radius 2 is 1.53 bits per heavy atom. The highest BCUT2D eigenvalue weighted by molar-refractivity contribution is 5.87. The number of aliphatic hydroxyl groups is 3. The average Bonchev–Trinajstić information content (AvgIpc) is 3.06. The van der Waals surface area contributed by atoms with Gasteiger partial charge in [-0.25, -0.2) is 0 Å². The van der Waals surface area contributed by atoms with Gasteiger partial charge in [-0.3, -0.25) is 19.2 Å². The fourth-order valence-electron chi connectivity index (χ4n) is 5.21. The third-order valence-corrected chi connectivity index (χ3v) is 8.28. The summed E-state index contributed by atoms with van der Waals surface area (Å²) in [5.41, 5.74) is 0.944. The first-order valence-electron chi connectivity index (χ1n) is 17.0. The summed E-state index contributed by atoms with van der Waals surface area (Å²) in [6, 6.07) is 7.86. The Hall–Kier alpha value is -3.10. The van der Waals surface area contributed by atoms with Gasteiger partial charge in [0.2, 0.25) is 23.6 Å². The fraction of sp³-hybridized carbons (Fsp3) is 0.706. The summed E-state index contributed by atoms with van der Waals surface area (Å²) in [5.74, 6) is -0.783. The summed E-state index contributed by atoms with van der Waals surface area (Å²) in [5, 5.41) is 41.2. The lowest BCUT2D eigenvalue weighted by Gasteiger charge is -2.42. The van der Waals surface area contributed by atoms with Crippen molar-refractivity contribution in [2.24, 2.45) is 5.92 Å². The number of hydrogen-bond acceptors (Lipinski definition) is 9. The van der Waals surface area contributed by atoms with Crippen LogP contribution in [-0.2, 0) is 35.1 Å². The largest absolute Gasteiger partial charge is 0.394 e. The SMILES string of the molecule is CCC(C)C(=O)NCCCCCC(=O)N[C@@H](Cc1ccccc1)C(=O)NCCCCCCO[C@@H]1OC(CO)[C@H](O)[C@H](O)C1NC(C)=O. The molecule has 7 N–H and O–H groups in total. The molecule has 1 aromatic carbocycles. The maximum Gasteiger partial charge on any atom is 0.242 e. The van der Waals surface area contributed by atoms with Gasteiger partial charge in [0, 0.05) is 45.4 Å². The van der Waals surface area contributed by atoms with Crippen LogP contribution in [0.1, 0.15) is 84.1 Å². The van der Waals surface area contributed by atoms with Crippen molar-refractivity contribution in [3.63, 3.8) is 0 Å². The average molecular weight is 665 g/mol. The maximum absolute atomic E-state index is 13.1. The van der Waals surface area contributed by atoms with Gasteiger partial charge in [0.15, 0.2) is 6.29 Å².